The maximum atomic E-state index is 12.6. The molecule has 28 heavy (non-hydrogen) atoms. The van der Waals surface area contributed by atoms with Gasteiger partial charge in [0.25, 0.3) is 0 Å². The first-order valence-corrected chi connectivity index (χ1v) is 10.4. The van der Waals surface area contributed by atoms with Crippen molar-refractivity contribution in [3.63, 3.8) is 0 Å². The van der Waals surface area contributed by atoms with Crippen LogP contribution in [-0.2, 0) is 11.3 Å². The predicted molar refractivity (Wildman–Crippen MR) is 111 cm³/mol. The summed E-state index contributed by atoms with van der Waals surface area (Å²) in [6, 6.07) is 10.1. The number of carbonyl (C=O) groups excluding carboxylic acids is 1. The van der Waals surface area contributed by atoms with Gasteiger partial charge in [0.2, 0.25) is 5.91 Å². The molecule has 4 rings (SSSR count). The highest BCUT2D eigenvalue weighted by molar-refractivity contribution is 5.79. The number of piperidine rings is 2. The summed E-state index contributed by atoms with van der Waals surface area (Å²) < 4.78 is 0. The molecule has 1 amide bonds. The normalized spacial score (nSPS) is 18.1. The molecule has 0 radical (unpaired) electrons. The van der Waals surface area contributed by atoms with Crippen LogP contribution < -0.4 is 15.1 Å². The largest absolute Gasteiger partial charge is 0.367 e. The molecule has 0 atom stereocenters. The van der Waals surface area contributed by atoms with Gasteiger partial charge < -0.3 is 15.1 Å². The van der Waals surface area contributed by atoms with Crippen LogP contribution in [0.2, 0.25) is 0 Å². The van der Waals surface area contributed by atoms with Crippen molar-refractivity contribution in [3.8, 4) is 0 Å². The van der Waals surface area contributed by atoms with E-state index in [-0.39, 0.29) is 11.8 Å². The Morgan fingerprint density at radius 1 is 1.00 bits per heavy atom. The van der Waals surface area contributed by atoms with Crippen LogP contribution in [0.3, 0.4) is 0 Å². The van der Waals surface area contributed by atoms with Crippen molar-refractivity contribution in [3.05, 3.63) is 48.4 Å². The molecule has 2 aliphatic rings. The zero-order valence-corrected chi connectivity index (χ0v) is 16.4. The fraction of sp³-hybridized carbons (Fsp3) is 0.500. The van der Waals surface area contributed by atoms with Gasteiger partial charge in [0.15, 0.2) is 5.82 Å². The molecule has 2 aromatic rings. The average Bonchev–Trinajstić information content (AvgIpc) is 2.79. The Morgan fingerprint density at radius 2 is 1.75 bits per heavy atom. The Kier molecular flexibility index (Phi) is 6.04. The Hall–Kier alpha value is -2.63. The van der Waals surface area contributed by atoms with E-state index in [1.165, 1.54) is 19.3 Å². The summed E-state index contributed by atoms with van der Waals surface area (Å²) in [6.45, 7) is 4.49. The number of hydrogen-bond acceptors (Lipinski definition) is 5. The molecule has 1 N–H and O–H groups in total. The molecule has 148 valence electrons. The van der Waals surface area contributed by atoms with E-state index in [0.29, 0.717) is 6.54 Å². The first-order valence-electron chi connectivity index (χ1n) is 10.4. The molecular weight excluding hydrogens is 350 g/mol. The van der Waals surface area contributed by atoms with Crippen molar-refractivity contribution >= 4 is 17.4 Å². The van der Waals surface area contributed by atoms with Gasteiger partial charge in [-0.2, -0.15) is 0 Å². The summed E-state index contributed by atoms with van der Waals surface area (Å²) in [7, 11) is 0. The van der Waals surface area contributed by atoms with Gasteiger partial charge in [-0.15, -0.1) is 0 Å². The molecule has 0 saturated carbocycles. The van der Waals surface area contributed by atoms with Gasteiger partial charge in [0, 0.05) is 38.6 Å². The fourth-order valence-electron chi connectivity index (χ4n) is 4.20. The van der Waals surface area contributed by atoms with Crippen LogP contribution in [0.25, 0.3) is 0 Å². The topological polar surface area (TPSA) is 61.4 Å². The van der Waals surface area contributed by atoms with Gasteiger partial charge in [-0.05, 0) is 37.7 Å². The van der Waals surface area contributed by atoms with Crippen molar-refractivity contribution in [2.24, 2.45) is 5.92 Å². The lowest BCUT2D eigenvalue weighted by Gasteiger charge is -2.36. The van der Waals surface area contributed by atoms with Crippen LogP contribution in [0.1, 0.15) is 37.7 Å². The number of carbonyl (C=O) groups is 1. The van der Waals surface area contributed by atoms with Gasteiger partial charge in [0.1, 0.15) is 6.33 Å². The molecule has 0 unspecified atom stereocenters. The van der Waals surface area contributed by atoms with Crippen molar-refractivity contribution in [2.75, 3.05) is 36.0 Å². The average molecular weight is 380 g/mol. The Bertz CT molecular complexity index is 768. The summed E-state index contributed by atoms with van der Waals surface area (Å²) in [4.78, 5) is 26.2. The molecular formula is C22H29N5O. The Morgan fingerprint density at radius 3 is 2.50 bits per heavy atom. The SMILES string of the molecule is O=C(NCc1ccccc1)C1CCN(c2cncnc2N2CCCCC2)CC1. The second-order valence-corrected chi connectivity index (χ2v) is 7.74. The standard InChI is InChI=1S/C22H29N5O/c28-22(24-15-18-7-3-1-4-8-18)19-9-13-26(14-10-19)20-16-23-17-25-21(20)27-11-5-2-6-12-27/h1,3-4,7-8,16-17,19H,2,5-6,9-15H2,(H,24,28). The van der Waals surface area contributed by atoms with Crippen LogP contribution in [0.5, 0.6) is 0 Å². The lowest BCUT2D eigenvalue weighted by molar-refractivity contribution is -0.125. The van der Waals surface area contributed by atoms with Gasteiger partial charge >= 0.3 is 0 Å². The van der Waals surface area contributed by atoms with E-state index < -0.39 is 0 Å². The molecule has 1 aromatic carbocycles. The van der Waals surface area contributed by atoms with E-state index in [1.54, 1.807) is 6.33 Å². The van der Waals surface area contributed by atoms with E-state index in [4.69, 9.17) is 0 Å². The van der Waals surface area contributed by atoms with E-state index in [1.807, 2.05) is 36.5 Å². The van der Waals surface area contributed by atoms with E-state index >= 15 is 0 Å². The lowest BCUT2D eigenvalue weighted by Crippen LogP contribution is -2.41. The van der Waals surface area contributed by atoms with E-state index in [2.05, 4.69) is 25.1 Å². The van der Waals surface area contributed by atoms with Crippen molar-refractivity contribution in [1.29, 1.82) is 0 Å². The van der Waals surface area contributed by atoms with Gasteiger partial charge in [0.05, 0.1) is 11.9 Å². The smallest absolute Gasteiger partial charge is 0.223 e. The van der Waals surface area contributed by atoms with Gasteiger partial charge in [-0.25, -0.2) is 9.97 Å². The van der Waals surface area contributed by atoms with Crippen molar-refractivity contribution in [2.45, 2.75) is 38.6 Å². The van der Waals surface area contributed by atoms with E-state index in [9.17, 15) is 4.79 Å². The first-order chi connectivity index (χ1) is 13.8. The van der Waals surface area contributed by atoms with Gasteiger partial charge in [-0.1, -0.05) is 30.3 Å². The molecule has 6 nitrogen and oxygen atoms in total. The maximum Gasteiger partial charge on any atom is 0.223 e. The third-order valence-corrected chi connectivity index (χ3v) is 5.84. The maximum absolute atomic E-state index is 12.6. The highest BCUT2D eigenvalue weighted by atomic mass is 16.1. The van der Waals surface area contributed by atoms with Gasteiger partial charge in [-0.3, -0.25) is 4.79 Å². The summed E-state index contributed by atoms with van der Waals surface area (Å²) in [5.74, 6) is 1.31. The summed E-state index contributed by atoms with van der Waals surface area (Å²) in [5.41, 5.74) is 2.26. The number of hydrogen-bond donors (Lipinski definition) is 1. The monoisotopic (exact) mass is 379 g/mol. The minimum atomic E-state index is 0.0861. The van der Waals surface area contributed by atoms with Crippen LogP contribution in [0, 0.1) is 5.92 Å². The minimum absolute atomic E-state index is 0.0861. The van der Waals surface area contributed by atoms with Crippen LogP contribution in [0.15, 0.2) is 42.9 Å². The number of amides is 1. The predicted octanol–water partition coefficient (Wildman–Crippen LogP) is 3.00. The quantitative estimate of drug-likeness (QED) is 0.865. The fourth-order valence-corrected chi connectivity index (χ4v) is 4.20. The highest BCUT2D eigenvalue weighted by Gasteiger charge is 2.27. The molecule has 2 saturated heterocycles. The lowest BCUT2D eigenvalue weighted by atomic mass is 9.95. The third kappa shape index (κ3) is 4.43. The number of benzene rings is 1. The second kappa shape index (κ2) is 9.04. The third-order valence-electron chi connectivity index (χ3n) is 5.84. The number of nitrogens with zero attached hydrogens (tertiary/aromatic N) is 4. The Labute approximate surface area is 167 Å². The molecule has 1 aromatic heterocycles. The molecule has 0 bridgehead atoms. The van der Waals surface area contributed by atoms with Crippen LogP contribution >= 0.6 is 0 Å². The summed E-state index contributed by atoms with van der Waals surface area (Å²) in [5, 5.41) is 3.10. The molecule has 2 aliphatic heterocycles. The number of nitrogens with one attached hydrogen (secondary N) is 1. The molecule has 2 fully saturated rings. The van der Waals surface area contributed by atoms with Crippen LogP contribution in [-0.4, -0.2) is 42.1 Å². The zero-order valence-electron chi connectivity index (χ0n) is 16.4. The second-order valence-electron chi connectivity index (χ2n) is 7.74. The highest BCUT2D eigenvalue weighted by Crippen LogP contribution is 2.31. The molecule has 3 heterocycles. The summed E-state index contributed by atoms with van der Waals surface area (Å²) in [6.07, 6.45) is 9.09. The summed E-state index contributed by atoms with van der Waals surface area (Å²) >= 11 is 0. The van der Waals surface area contributed by atoms with E-state index in [0.717, 1.165) is 56.1 Å². The number of anilines is 2. The number of rotatable bonds is 5. The molecule has 0 spiro atoms. The first kappa shape index (κ1) is 18.7. The van der Waals surface area contributed by atoms with Crippen molar-refractivity contribution < 1.29 is 4.79 Å². The van der Waals surface area contributed by atoms with Crippen molar-refractivity contribution in [1.82, 2.24) is 15.3 Å². The minimum Gasteiger partial charge on any atom is -0.367 e. The number of aromatic nitrogens is 2. The van der Waals surface area contributed by atoms with Crippen LogP contribution in [0.4, 0.5) is 11.5 Å². The molecule has 6 heteroatoms. The molecule has 0 aliphatic carbocycles. The Balaban J connectivity index is 1.33. The zero-order chi connectivity index (χ0) is 19.2.